The standard InChI is InChI=1S/C20H20F4O6S/c1-11-5-10-14(30-31(27,28)20(22,23)24)16(12-6-8-13(21)9-7-12)15(11)17(18(25)26)29-19(2,3)4/h5-10,17H,1-4H3,(H,25,26). The molecule has 0 heterocycles. The van der Waals surface area contributed by atoms with Crippen molar-refractivity contribution in [1.82, 2.24) is 0 Å². The highest BCUT2D eigenvalue weighted by molar-refractivity contribution is 7.88. The monoisotopic (exact) mass is 464 g/mol. The second kappa shape index (κ2) is 8.46. The Hall–Kier alpha value is -2.66. The van der Waals surface area contributed by atoms with E-state index in [0.717, 1.165) is 30.3 Å². The molecule has 0 amide bonds. The summed E-state index contributed by atoms with van der Waals surface area (Å²) in [6.45, 7) is 6.20. The summed E-state index contributed by atoms with van der Waals surface area (Å²) in [5, 5.41) is 9.76. The molecule has 170 valence electrons. The molecule has 31 heavy (non-hydrogen) atoms. The summed E-state index contributed by atoms with van der Waals surface area (Å²) in [7, 11) is -6.06. The molecule has 2 rings (SSSR count). The van der Waals surface area contributed by atoms with Crippen molar-refractivity contribution in [2.75, 3.05) is 0 Å². The molecule has 1 N–H and O–H groups in total. The van der Waals surface area contributed by atoms with Crippen LogP contribution in [-0.4, -0.2) is 30.6 Å². The highest BCUT2D eigenvalue weighted by Gasteiger charge is 2.49. The average Bonchev–Trinajstić information content (AvgIpc) is 2.60. The Labute approximate surface area is 176 Å². The topological polar surface area (TPSA) is 89.9 Å². The number of ether oxygens (including phenoxy) is 1. The largest absolute Gasteiger partial charge is 0.534 e. The summed E-state index contributed by atoms with van der Waals surface area (Å²) in [5.41, 5.74) is -6.77. The highest BCUT2D eigenvalue weighted by Crippen LogP contribution is 2.42. The zero-order valence-corrected chi connectivity index (χ0v) is 17.8. The Kier molecular flexibility index (Phi) is 6.72. The summed E-state index contributed by atoms with van der Waals surface area (Å²) < 4.78 is 85.4. The van der Waals surface area contributed by atoms with Crippen LogP contribution in [0.15, 0.2) is 36.4 Å². The fraction of sp³-hybridized carbons (Fsp3) is 0.350. The van der Waals surface area contributed by atoms with Crippen molar-refractivity contribution < 1.29 is 44.8 Å². The zero-order chi connectivity index (χ0) is 23.8. The van der Waals surface area contributed by atoms with E-state index in [2.05, 4.69) is 4.18 Å². The number of rotatable bonds is 6. The van der Waals surface area contributed by atoms with Crippen LogP contribution >= 0.6 is 0 Å². The van der Waals surface area contributed by atoms with Gasteiger partial charge >= 0.3 is 21.6 Å². The highest BCUT2D eigenvalue weighted by atomic mass is 32.2. The molecule has 0 fully saturated rings. The molecule has 0 bridgehead atoms. The fourth-order valence-electron chi connectivity index (χ4n) is 2.78. The molecule has 0 spiro atoms. The minimum Gasteiger partial charge on any atom is -0.479 e. The van der Waals surface area contributed by atoms with Crippen LogP contribution in [0.5, 0.6) is 5.75 Å². The maximum atomic E-state index is 13.4. The van der Waals surface area contributed by atoms with Crippen molar-refractivity contribution in [1.29, 1.82) is 0 Å². The molecule has 0 aliphatic heterocycles. The number of hydrogen-bond acceptors (Lipinski definition) is 5. The minimum atomic E-state index is -6.06. The second-order valence-corrected chi connectivity index (χ2v) is 9.15. The van der Waals surface area contributed by atoms with E-state index in [-0.39, 0.29) is 22.3 Å². The molecule has 0 saturated heterocycles. The van der Waals surface area contributed by atoms with Crippen LogP contribution in [-0.2, 0) is 19.6 Å². The number of aryl methyl sites for hydroxylation is 1. The molecule has 0 aliphatic carbocycles. The van der Waals surface area contributed by atoms with Gasteiger partial charge in [-0.15, -0.1) is 0 Å². The Morgan fingerprint density at radius 2 is 1.58 bits per heavy atom. The van der Waals surface area contributed by atoms with Gasteiger partial charge in [-0.25, -0.2) is 9.18 Å². The first-order chi connectivity index (χ1) is 14.0. The van der Waals surface area contributed by atoms with Gasteiger partial charge in [-0.1, -0.05) is 18.2 Å². The molecule has 0 aromatic heterocycles. The number of carbonyl (C=O) groups is 1. The van der Waals surface area contributed by atoms with Crippen LogP contribution in [0, 0.1) is 12.7 Å². The maximum Gasteiger partial charge on any atom is 0.534 e. The Morgan fingerprint density at radius 3 is 2.03 bits per heavy atom. The predicted molar refractivity (Wildman–Crippen MR) is 103 cm³/mol. The summed E-state index contributed by atoms with van der Waals surface area (Å²) in [6, 6.07) is 6.49. The summed E-state index contributed by atoms with van der Waals surface area (Å²) in [5.74, 6) is -2.89. The van der Waals surface area contributed by atoms with Gasteiger partial charge < -0.3 is 14.0 Å². The number of benzene rings is 2. The molecule has 0 saturated carbocycles. The predicted octanol–water partition coefficient (Wildman–Crippen LogP) is 4.97. The number of carboxylic acids is 1. The van der Waals surface area contributed by atoms with E-state index in [1.807, 2.05) is 0 Å². The lowest BCUT2D eigenvalue weighted by Crippen LogP contribution is -2.29. The number of alkyl halides is 3. The maximum absolute atomic E-state index is 13.4. The third-order valence-electron chi connectivity index (χ3n) is 4.00. The van der Waals surface area contributed by atoms with Gasteiger partial charge in [0.2, 0.25) is 0 Å². The van der Waals surface area contributed by atoms with Gasteiger partial charge in [0.15, 0.2) is 11.9 Å². The average molecular weight is 464 g/mol. The van der Waals surface area contributed by atoms with E-state index >= 15 is 0 Å². The lowest BCUT2D eigenvalue weighted by Gasteiger charge is -2.28. The lowest BCUT2D eigenvalue weighted by molar-refractivity contribution is -0.160. The van der Waals surface area contributed by atoms with Crippen molar-refractivity contribution in [3.05, 3.63) is 53.3 Å². The van der Waals surface area contributed by atoms with Gasteiger partial charge in [0.1, 0.15) is 5.82 Å². The van der Waals surface area contributed by atoms with Gasteiger partial charge in [-0.3, -0.25) is 0 Å². The van der Waals surface area contributed by atoms with E-state index in [1.54, 1.807) is 20.8 Å². The molecule has 2 aromatic rings. The molecule has 6 nitrogen and oxygen atoms in total. The van der Waals surface area contributed by atoms with Gasteiger partial charge in [0.05, 0.1) is 5.60 Å². The third kappa shape index (κ3) is 5.73. The van der Waals surface area contributed by atoms with Gasteiger partial charge in [-0.05, 0) is 57.0 Å². The third-order valence-corrected chi connectivity index (χ3v) is 4.96. The first-order valence-electron chi connectivity index (χ1n) is 8.84. The van der Waals surface area contributed by atoms with Gasteiger partial charge in [-0.2, -0.15) is 21.6 Å². The SMILES string of the molecule is Cc1ccc(OS(=O)(=O)C(F)(F)F)c(-c2ccc(F)cc2)c1C(OC(C)(C)C)C(=O)O. The first kappa shape index (κ1) is 24.6. The van der Waals surface area contributed by atoms with E-state index in [1.165, 1.54) is 13.0 Å². The number of carboxylic acid groups (broad SMARTS) is 1. The van der Waals surface area contributed by atoms with Crippen LogP contribution in [0.2, 0.25) is 0 Å². The minimum absolute atomic E-state index is 0.0382. The second-order valence-electron chi connectivity index (χ2n) is 7.61. The van der Waals surface area contributed by atoms with Crippen LogP contribution in [0.4, 0.5) is 17.6 Å². The Bertz CT molecular complexity index is 1070. The smallest absolute Gasteiger partial charge is 0.479 e. The zero-order valence-electron chi connectivity index (χ0n) is 17.0. The van der Waals surface area contributed by atoms with Crippen molar-refractivity contribution in [2.45, 2.75) is 44.9 Å². The molecular weight excluding hydrogens is 444 g/mol. The quantitative estimate of drug-likeness (QED) is 0.369. The van der Waals surface area contributed by atoms with E-state index in [0.29, 0.717) is 0 Å². The van der Waals surface area contributed by atoms with Crippen molar-refractivity contribution >= 4 is 16.1 Å². The number of aliphatic carboxylic acids is 1. The van der Waals surface area contributed by atoms with Crippen LogP contribution < -0.4 is 4.18 Å². The lowest BCUT2D eigenvalue weighted by atomic mass is 9.91. The molecule has 0 radical (unpaired) electrons. The van der Waals surface area contributed by atoms with E-state index in [4.69, 9.17) is 4.74 Å². The molecule has 2 aromatic carbocycles. The van der Waals surface area contributed by atoms with E-state index < -0.39 is 44.9 Å². The molecule has 1 unspecified atom stereocenters. The van der Waals surface area contributed by atoms with Gasteiger partial charge in [0, 0.05) is 11.1 Å². The van der Waals surface area contributed by atoms with Crippen molar-refractivity contribution in [3.8, 4) is 16.9 Å². The van der Waals surface area contributed by atoms with Crippen molar-refractivity contribution in [2.24, 2.45) is 0 Å². The van der Waals surface area contributed by atoms with Crippen LogP contribution in [0.3, 0.4) is 0 Å². The fourth-order valence-corrected chi connectivity index (χ4v) is 3.25. The molecule has 1 atom stereocenters. The molecule has 11 heteroatoms. The molecule has 0 aliphatic rings. The van der Waals surface area contributed by atoms with E-state index in [9.17, 15) is 35.9 Å². The number of halogens is 4. The van der Waals surface area contributed by atoms with Crippen LogP contribution in [0.25, 0.3) is 11.1 Å². The normalized spacial score (nSPS) is 13.7. The van der Waals surface area contributed by atoms with Crippen LogP contribution in [0.1, 0.15) is 38.0 Å². The first-order valence-corrected chi connectivity index (χ1v) is 10.2. The van der Waals surface area contributed by atoms with Crippen molar-refractivity contribution in [3.63, 3.8) is 0 Å². The Morgan fingerprint density at radius 1 is 1.03 bits per heavy atom. The Balaban J connectivity index is 2.86. The summed E-state index contributed by atoms with van der Waals surface area (Å²) >= 11 is 0. The molecular formula is C20H20F4O6S. The summed E-state index contributed by atoms with van der Waals surface area (Å²) in [6.07, 6.45) is -1.68. The van der Waals surface area contributed by atoms with Gasteiger partial charge in [0.25, 0.3) is 0 Å². The summed E-state index contributed by atoms with van der Waals surface area (Å²) in [4.78, 5) is 12.0. The number of hydrogen-bond donors (Lipinski definition) is 1.